The summed E-state index contributed by atoms with van der Waals surface area (Å²) in [5.74, 6) is -0.187. The third-order valence-electron chi connectivity index (χ3n) is 4.55. The molecule has 118 valence electrons. The Kier molecular flexibility index (Phi) is 4.43. The molecule has 1 heterocycles. The van der Waals surface area contributed by atoms with E-state index in [1.165, 1.54) is 12.8 Å². The molecule has 0 radical (unpaired) electrons. The number of hydrogen-bond acceptors (Lipinski definition) is 3. The first kappa shape index (κ1) is 15.0. The minimum absolute atomic E-state index is 0.0535. The van der Waals surface area contributed by atoms with Crippen molar-refractivity contribution in [2.24, 2.45) is 0 Å². The quantitative estimate of drug-likeness (QED) is 0.796. The van der Waals surface area contributed by atoms with Crippen LogP contribution < -0.4 is 16.0 Å². The fraction of sp³-hybridized carbons (Fsp3) is 0.529. The molecule has 3 rings (SSSR count). The maximum absolute atomic E-state index is 12.1. The van der Waals surface area contributed by atoms with E-state index in [0.717, 1.165) is 24.1 Å². The Labute approximate surface area is 130 Å². The van der Waals surface area contributed by atoms with E-state index in [1.54, 1.807) is 0 Å². The maximum Gasteiger partial charge on any atom is 0.237 e. The number of nitrogens with one attached hydrogen (secondary N) is 3. The van der Waals surface area contributed by atoms with Crippen molar-refractivity contribution in [1.29, 1.82) is 0 Å². The zero-order chi connectivity index (χ0) is 15.5. The molecule has 0 spiro atoms. The SMILES string of the molecule is Cc1ccc(NC(=O)C[C@@H]2N[C@H]3CCCC[C@@H]3NC2=O)cc1. The van der Waals surface area contributed by atoms with Crippen molar-refractivity contribution in [2.45, 2.75) is 57.2 Å². The van der Waals surface area contributed by atoms with Gasteiger partial charge in [0, 0.05) is 17.8 Å². The Balaban J connectivity index is 1.56. The Hall–Kier alpha value is -1.88. The van der Waals surface area contributed by atoms with Crippen molar-refractivity contribution in [3.8, 4) is 0 Å². The van der Waals surface area contributed by atoms with E-state index in [4.69, 9.17) is 0 Å². The number of amides is 2. The third-order valence-corrected chi connectivity index (χ3v) is 4.55. The van der Waals surface area contributed by atoms with E-state index >= 15 is 0 Å². The van der Waals surface area contributed by atoms with Crippen LogP contribution in [0.3, 0.4) is 0 Å². The first-order valence-electron chi connectivity index (χ1n) is 8.05. The largest absolute Gasteiger partial charge is 0.350 e. The highest BCUT2D eigenvalue weighted by Gasteiger charge is 2.36. The van der Waals surface area contributed by atoms with Gasteiger partial charge in [-0.25, -0.2) is 0 Å². The number of carbonyl (C=O) groups is 2. The summed E-state index contributed by atoms with van der Waals surface area (Å²) in [6, 6.07) is 7.77. The van der Waals surface area contributed by atoms with Gasteiger partial charge < -0.3 is 16.0 Å². The molecule has 2 amide bonds. The highest BCUT2D eigenvalue weighted by Crippen LogP contribution is 2.22. The van der Waals surface area contributed by atoms with Crippen LogP contribution in [-0.2, 0) is 9.59 Å². The van der Waals surface area contributed by atoms with Crippen LogP contribution in [0.15, 0.2) is 24.3 Å². The Morgan fingerprint density at radius 2 is 1.86 bits per heavy atom. The number of benzene rings is 1. The van der Waals surface area contributed by atoms with Gasteiger partial charge in [-0.2, -0.15) is 0 Å². The van der Waals surface area contributed by atoms with Crippen LogP contribution >= 0.6 is 0 Å². The normalized spacial score (nSPS) is 27.7. The zero-order valence-electron chi connectivity index (χ0n) is 12.9. The first-order chi connectivity index (χ1) is 10.6. The Morgan fingerprint density at radius 1 is 1.18 bits per heavy atom. The minimum atomic E-state index is -0.426. The molecule has 2 fully saturated rings. The fourth-order valence-corrected chi connectivity index (χ4v) is 3.31. The highest BCUT2D eigenvalue weighted by molar-refractivity contribution is 5.95. The molecule has 2 aliphatic rings. The monoisotopic (exact) mass is 301 g/mol. The summed E-state index contributed by atoms with van der Waals surface area (Å²) in [7, 11) is 0. The standard InChI is InChI=1S/C17H23N3O2/c1-11-6-8-12(9-7-11)18-16(21)10-15-17(22)20-14-5-3-2-4-13(14)19-15/h6-9,13-15,19H,2-5,10H2,1H3,(H,18,21)(H,20,22)/t13-,14-,15-/m0/s1. The number of anilines is 1. The molecular weight excluding hydrogens is 278 g/mol. The van der Waals surface area contributed by atoms with Gasteiger partial charge in [-0.1, -0.05) is 30.5 Å². The molecule has 1 aliphatic heterocycles. The smallest absolute Gasteiger partial charge is 0.237 e. The Bertz CT molecular complexity index is 556. The van der Waals surface area contributed by atoms with Crippen LogP contribution in [0, 0.1) is 6.92 Å². The van der Waals surface area contributed by atoms with Crippen molar-refractivity contribution in [2.75, 3.05) is 5.32 Å². The van der Waals surface area contributed by atoms with Gasteiger partial charge in [-0.15, -0.1) is 0 Å². The molecule has 1 saturated heterocycles. The topological polar surface area (TPSA) is 70.2 Å². The molecule has 0 aromatic heterocycles. The molecule has 3 atom stereocenters. The highest BCUT2D eigenvalue weighted by atomic mass is 16.2. The number of fused-ring (bicyclic) bond motifs is 1. The van der Waals surface area contributed by atoms with Gasteiger partial charge in [0.05, 0.1) is 12.5 Å². The summed E-state index contributed by atoms with van der Waals surface area (Å²) in [5, 5.41) is 9.27. The van der Waals surface area contributed by atoms with Crippen LogP contribution in [0.1, 0.15) is 37.7 Å². The molecular formula is C17H23N3O2. The molecule has 0 unspecified atom stereocenters. The summed E-state index contributed by atoms with van der Waals surface area (Å²) in [4.78, 5) is 24.3. The first-order valence-corrected chi connectivity index (χ1v) is 8.05. The van der Waals surface area contributed by atoms with E-state index < -0.39 is 6.04 Å². The average molecular weight is 301 g/mol. The number of rotatable bonds is 3. The van der Waals surface area contributed by atoms with Crippen LogP contribution in [0.2, 0.25) is 0 Å². The minimum Gasteiger partial charge on any atom is -0.350 e. The van der Waals surface area contributed by atoms with Crippen LogP contribution in [0.25, 0.3) is 0 Å². The zero-order valence-corrected chi connectivity index (χ0v) is 12.9. The second-order valence-electron chi connectivity index (χ2n) is 6.34. The lowest BCUT2D eigenvalue weighted by Gasteiger charge is -2.40. The molecule has 22 heavy (non-hydrogen) atoms. The molecule has 1 saturated carbocycles. The van der Waals surface area contributed by atoms with Crippen molar-refractivity contribution in [3.63, 3.8) is 0 Å². The van der Waals surface area contributed by atoms with Gasteiger partial charge in [0.2, 0.25) is 11.8 Å². The summed E-state index contributed by atoms with van der Waals surface area (Å²) in [6.07, 6.45) is 4.63. The van der Waals surface area contributed by atoms with Crippen LogP contribution in [-0.4, -0.2) is 29.9 Å². The molecule has 3 N–H and O–H groups in total. The number of hydrogen-bond donors (Lipinski definition) is 3. The maximum atomic E-state index is 12.1. The van der Waals surface area contributed by atoms with Gasteiger partial charge in [0.15, 0.2) is 0 Å². The molecule has 0 bridgehead atoms. The molecule has 5 heteroatoms. The van der Waals surface area contributed by atoms with Crippen LogP contribution in [0.5, 0.6) is 0 Å². The summed E-state index contributed by atoms with van der Waals surface area (Å²) < 4.78 is 0. The number of piperazine rings is 1. The number of aryl methyl sites for hydroxylation is 1. The molecule has 1 aromatic rings. The lowest BCUT2D eigenvalue weighted by molar-refractivity contribution is -0.129. The van der Waals surface area contributed by atoms with E-state index in [0.29, 0.717) is 6.04 Å². The van der Waals surface area contributed by atoms with Crippen LogP contribution in [0.4, 0.5) is 5.69 Å². The molecule has 1 aliphatic carbocycles. The van der Waals surface area contributed by atoms with E-state index in [-0.39, 0.29) is 24.3 Å². The van der Waals surface area contributed by atoms with Crippen molar-refractivity contribution >= 4 is 17.5 Å². The predicted octanol–water partition coefficient (Wildman–Crippen LogP) is 1.72. The van der Waals surface area contributed by atoms with Gasteiger partial charge in [0.25, 0.3) is 0 Å². The van der Waals surface area contributed by atoms with Gasteiger partial charge in [0.1, 0.15) is 0 Å². The van der Waals surface area contributed by atoms with Crippen molar-refractivity contribution < 1.29 is 9.59 Å². The lowest BCUT2D eigenvalue weighted by Crippen LogP contribution is -2.65. The van der Waals surface area contributed by atoms with Crippen molar-refractivity contribution in [1.82, 2.24) is 10.6 Å². The molecule has 5 nitrogen and oxygen atoms in total. The summed E-state index contributed by atoms with van der Waals surface area (Å²) in [6.45, 7) is 2.00. The van der Waals surface area contributed by atoms with E-state index in [9.17, 15) is 9.59 Å². The average Bonchev–Trinajstić information content (AvgIpc) is 2.50. The van der Waals surface area contributed by atoms with Gasteiger partial charge in [-0.05, 0) is 31.9 Å². The van der Waals surface area contributed by atoms with Crippen molar-refractivity contribution in [3.05, 3.63) is 29.8 Å². The second kappa shape index (κ2) is 6.48. The van der Waals surface area contributed by atoms with E-state index in [1.807, 2.05) is 31.2 Å². The summed E-state index contributed by atoms with van der Waals surface area (Å²) >= 11 is 0. The fourth-order valence-electron chi connectivity index (χ4n) is 3.31. The second-order valence-corrected chi connectivity index (χ2v) is 6.34. The van der Waals surface area contributed by atoms with Gasteiger partial charge in [-0.3, -0.25) is 9.59 Å². The van der Waals surface area contributed by atoms with E-state index in [2.05, 4.69) is 16.0 Å². The van der Waals surface area contributed by atoms with Gasteiger partial charge >= 0.3 is 0 Å². The molecule has 1 aromatic carbocycles. The summed E-state index contributed by atoms with van der Waals surface area (Å²) in [5.41, 5.74) is 1.91. The lowest BCUT2D eigenvalue weighted by atomic mass is 9.87. The Morgan fingerprint density at radius 3 is 2.59 bits per heavy atom. The predicted molar refractivity (Wildman–Crippen MR) is 85.5 cm³/mol. The number of carbonyl (C=O) groups excluding carboxylic acids is 2. The third kappa shape index (κ3) is 3.47.